The van der Waals surface area contributed by atoms with Gasteiger partial charge in [-0.05, 0) is 84.5 Å². The van der Waals surface area contributed by atoms with Gasteiger partial charge in [0.25, 0.3) is 0 Å². The maximum Gasteiger partial charge on any atom is 0.140 e. The molecule has 8 rings (SSSR count). The topological polar surface area (TPSA) is 46.0 Å². The van der Waals surface area contributed by atoms with Crippen LogP contribution in [-0.2, 0) is 12.8 Å². The molecule has 0 spiro atoms. The second kappa shape index (κ2) is 12.0. The van der Waals surface area contributed by atoms with Gasteiger partial charge in [0.05, 0.1) is 22.6 Å². The Balaban J connectivity index is 1.28. The first-order chi connectivity index (χ1) is 22.7. The molecule has 1 N–H and O–H groups in total. The lowest BCUT2D eigenvalue weighted by atomic mass is 9.99. The maximum atomic E-state index is 5.30. The zero-order chi connectivity index (χ0) is 30.9. The van der Waals surface area contributed by atoms with Gasteiger partial charge in [-0.25, -0.2) is 9.98 Å². The second-order valence-electron chi connectivity index (χ2n) is 11.9. The molecule has 0 atom stereocenters. The monoisotopic (exact) mass is 594 g/mol. The Morgan fingerprint density at radius 2 is 1.59 bits per heavy atom. The molecule has 222 valence electrons. The number of para-hydroxylation sites is 1. The number of H-pyrrole nitrogens is 1. The largest absolute Gasteiger partial charge is 0.338 e. The van der Waals surface area contributed by atoms with Crippen molar-refractivity contribution < 1.29 is 0 Å². The highest BCUT2D eigenvalue weighted by Crippen LogP contribution is 2.36. The zero-order valence-electron chi connectivity index (χ0n) is 25.8. The van der Waals surface area contributed by atoms with Crippen LogP contribution in [0.25, 0.3) is 46.1 Å². The number of hydrogen-bond donors (Lipinski definition) is 1. The fourth-order valence-corrected chi connectivity index (χ4v) is 6.62. The van der Waals surface area contributed by atoms with Crippen molar-refractivity contribution in [1.29, 1.82) is 0 Å². The van der Waals surface area contributed by atoms with Gasteiger partial charge in [-0.2, -0.15) is 0 Å². The van der Waals surface area contributed by atoms with E-state index in [2.05, 4.69) is 156 Å². The molecule has 2 aromatic heterocycles. The Morgan fingerprint density at radius 1 is 0.804 bits per heavy atom. The number of aliphatic imine (C=N–C) groups is 1. The molecule has 2 heterocycles. The van der Waals surface area contributed by atoms with E-state index in [1.807, 2.05) is 6.07 Å². The molecule has 2 aliphatic rings. The van der Waals surface area contributed by atoms with Crippen molar-refractivity contribution in [3.8, 4) is 11.4 Å². The van der Waals surface area contributed by atoms with Crippen LogP contribution in [0.15, 0.2) is 132 Å². The van der Waals surface area contributed by atoms with E-state index in [1.165, 1.54) is 44.4 Å². The quantitative estimate of drug-likeness (QED) is 0.157. The van der Waals surface area contributed by atoms with Gasteiger partial charge in [0.2, 0.25) is 0 Å². The lowest BCUT2D eigenvalue weighted by Crippen LogP contribution is -2.11. The number of aromatic nitrogens is 3. The first kappa shape index (κ1) is 27.8. The van der Waals surface area contributed by atoms with Gasteiger partial charge in [-0.15, -0.1) is 0 Å². The van der Waals surface area contributed by atoms with E-state index in [1.54, 1.807) is 0 Å². The van der Waals surface area contributed by atoms with Crippen molar-refractivity contribution in [1.82, 2.24) is 14.5 Å². The van der Waals surface area contributed by atoms with Crippen molar-refractivity contribution in [2.75, 3.05) is 0 Å². The van der Waals surface area contributed by atoms with Crippen LogP contribution in [0.1, 0.15) is 52.7 Å². The summed E-state index contributed by atoms with van der Waals surface area (Å²) >= 11 is 0. The van der Waals surface area contributed by atoms with E-state index in [0.717, 1.165) is 53.6 Å². The average Bonchev–Trinajstić information content (AvgIpc) is 3.42. The fourth-order valence-electron chi connectivity index (χ4n) is 6.62. The summed E-state index contributed by atoms with van der Waals surface area (Å²) in [6.45, 7) is 2.12. The molecular formula is C42H34N4. The number of allylic oxidation sites excluding steroid dienone is 5. The highest BCUT2D eigenvalue weighted by Gasteiger charge is 2.20. The highest BCUT2D eigenvalue weighted by molar-refractivity contribution is 6.05. The summed E-state index contributed by atoms with van der Waals surface area (Å²) < 4.78 is 2.35. The molecule has 46 heavy (non-hydrogen) atoms. The summed E-state index contributed by atoms with van der Waals surface area (Å²) in [4.78, 5) is 13.8. The summed E-state index contributed by atoms with van der Waals surface area (Å²) in [5, 5.41) is 1.25. The Morgan fingerprint density at radius 3 is 2.46 bits per heavy atom. The summed E-state index contributed by atoms with van der Waals surface area (Å²) in [5.41, 5.74) is 12.6. The van der Waals surface area contributed by atoms with Gasteiger partial charge in [-0.3, -0.25) is 0 Å². The third-order valence-electron chi connectivity index (χ3n) is 8.80. The number of nitrogens with zero attached hydrogens (tertiary/aromatic N) is 3. The number of fused-ring (bicyclic) bond motifs is 4. The van der Waals surface area contributed by atoms with Crippen molar-refractivity contribution in [3.63, 3.8) is 0 Å². The van der Waals surface area contributed by atoms with E-state index in [0.29, 0.717) is 0 Å². The number of imidazole rings is 1. The first-order valence-electron chi connectivity index (χ1n) is 15.9. The van der Waals surface area contributed by atoms with Crippen molar-refractivity contribution >= 4 is 46.2 Å². The molecule has 2 aliphatic carbocycles. The Kier molecular flexibility index (Phi) is 7.24. The van der Waals surface area contributed by atoms with Gasteiger partial charge in [0.15, 0.2) is 0 Å². The molecule has 0 saturated carbocycles. The molecule has 0 bridgehead atoms. The van der Waals surface area contributed by atoms with Gasteiger partial charge in [-0.1, -0.05) is 103 Å². The van der Waals surface area contributed by atoms with Crippen molar-refractivity contribution in [2.24, 2.45) is 4.99 Å². The molecule has 0 amide bonds. The standard InChI is InChI=1S/C42H34N4/c1-29(43-37-20-12-11-19-34(37)42-44-38-21-9-4-10-22-39(38)45-42)46-40-23-13-18-33(32-16-7-3-8-17-32)28-36(40)35-27-31(24-25-41(35)46)26-30-14-5-2-6-15-30/h2-3,5-22,24-25,27-28H,4,23,26H2,1H3,(H,44,45). The lowest BCUT2D eigenvalue weighted by molar-refractivity contribution is 1.04. The van der Waals surface area contributed by atoms with Crippen LogP contribution >= 0.6 is 0 Å². The number of rotatable bonds is 5. The van der Waals surface area contributed by atoms with Crippen LogP contribution in [0.2, 0.25) is 0 Å². The molecule has 4 aromatic carbocycles. The minimum atomic E-state index is 0.808. The van der Waals surface area contributed by atoms with E-state index < -0.39 is 0 Å². The predicted octanol–water partition coefficient (Wildman–Crippen LogP) is 10.3. The summed E-state index contributed by atoms with van der Waals surface area (Å²) in [7, 11) is 0. The SMILES string of the molecule is CC(=Nc1ccccc1-c1nc2c([nH]1)C=CCC=C2)n1c2c(c3cc(Cc4ccccc4)ccc31)C=C(c1ccccc1)C=CC2. The smallest absolute Gasteiger partial charge is 0.140 e. The van der Waals surface area contributed by atoms with E-state index in [9.17, 15) is 0 Å². The molecule has 6 aromatic rings. The maximum absolute atomic E-state index is 5.30. The van der Waals surface area contributed by atoms with Gasteiger partial charge in [0, 0.05) is 28.6 Å². The Labute approximate surface area is 269 Å². The minimum absolute atomic E-state index is 0.808. The van der Waals surface area contributed by atoms with Crippen LogP contribution < -0.4 is 0 Å². The minimum Gasteiger partial charge on any atom is -0.338 e. The van der Waals surface area contributed by atoms with Crippen LogP contribution in [0.4, 0.5) is 5.69 Å². The molecule has 4 nitrogen and oxygen atoms in total. The highest BCUT2D eigenvalue weighted by atomic mass is 15.1. The lowest BCUT2D eigenvalue weighted by Gasteiger charge is -2.11. The number of nitrogens with one attached hydrogen (secondary N) is 1. The summed E-state index contributed by atoms with van der Waals surface area (Å²) in [6, 6.07) is 36.5. The number of aromatic amines is 1. The van der Waals surface area contributed by atoms with Crippen LogP contribution in [-0.4, -0.2) is 20.4 Å². The zero-order valence-corrected chi connectivity index (χ0v) is 25.8. The van der Waals surface area contributed by atoms with E-state index >= 15 is 0 Å². The second-order valence-corrected chi connectivity index (χ2v) is 11.9. The number of benzene rings is 4. The molecule has 0 saturated heterocycles. The van der Waals surface area contributed by atoms with Crippen LogP contribution in [0, 0.1) is 0 Å². The van der Waals surface area contributed by atoms with E-state index in [-0.39, 0.29) is 0 Å². The molecule has 4 heteroatoms. The molecular weight excluding hydrogens is 560 g/mol. The first-order valence-corrected chi connectivity index (χ1v) is 15.9. The summed E-state index contributed by atoms with van der Waals surface area (Å²) in [6.07, 6.45) is 18.0. The van der Waals surface area contributed by atoms with E-state index in [4.69, 9.17) is 9.98 Å². The fraction of sp³-hybridized carbons (Fsp3) is 0.0952. The van der Waals surface area contributed by atoms with Gasteiger partial charge in [0.1, 0.15) is 11.7 Å². The van der Waals surface area contributed by atoms with Gasteiger partial charge < -0.3 is 9.55 Å². The van der Waals surface area contributed by atoms with Crippen molar-refractivity contribution in [3.05, 3.63) is 167 Å². The van der Waals surface area contributed by atoms with Gasteiger partial charge >= 0.3 is 0 Å². The number of hydrogen-bond acceptors (Lipinski definition) is 2. The summed E-state index contributed by atoms with van der Waals surface area (Å²) in [5.74, 6) is 1.75. The average molecular weight is 595 g/mol. The van der Waals surface area contributed by atoms with Crippen LogP contribution in [0.5, 0.6) is 0 Å². The van der Waals surface area contributed by atoms with Crippen molar-refractivity contribution in [2.45, 2.75) is 26.2 Å². The Bertz CT molecular complexity index is 2190. The molecule has 0 fully saturated rings. The molecule has 0 aliphatic heterocycles. The Hall–Kier alpha value is -5.74. The predicted molar refractivity (Wildman–Crippen MR) is 193 cm³/mol. The van der Waals surface area contributed by atoms with Crippen LogP contribution in [0.3, 0.4) is 0 Å². The molecule has 0 unspecified atom stereocenters. The third-order valence-corrected chi connectivity index (χ3v) is 8.80. The third kappa shape index (κ3) is 5.28. The normalized spacial score (nSPS) is 14.1. The molecule has 0 radical (unpaired) electrons.